The molecule has 0 aliphatic rings. The van der Waals surface area contributed by atoms with E-state index in [1.54, 1.807) is 30.6 Å². The summed E-state index contributed by atoms with van der Waals surface area (Å²) in [4.78, 5) is 23.5. The van der Waals surface area contributed by atoms with E-state index < -0.39 is 4.92 Å². The maximum atomic E-state index is 10.9. The first-order chi connectivity index (χ1) is 13.5. The van der Waals surface area contributed by atoms with Gasteiger partial charge < -0.3 is 15.7 Å². The predicted octanol–water partition coefficient (Wildman–Crippen LogP) is 2.85. The fourth-order valence-electron chi connectivity index (χ4n) is 2.50. The first kappa shape index (κ1) is 19.2. The first-order valence-electron chi connectivity index (χ1n) is 8.69. The Morgan fingerprint density at radius 1 is 1.21 bits per heavy atom. The maximum Gasteiger partial charge on any atom is 0.269 e. The van der Waals surface area contributed by atoms with Gasteiger partial charge in [-0.05, 0) is 24.6 Å². The average molecular weight is 380 g/mol. The monoisotopic (exact) mass is 380 g/mol. The molecule has 0 bridgehead atoms. The van der Waals surface area contributed by atoms with Crippen molar-refractivity contribution >= 4 is 17.5 Å². The molecule has 0 fully saturated rings. The van der Waals surface area contributed by atoms with Crippen LogP contribution in [0.25, 0.3) is 11.3 Å². The Bertz CT molecular complexity index is 951. The molecular formula is C19H20N6O3. The van der Waals surface area contributed by atoms with Gasteiger partial charge in [0.15, 0.2) is 0 Å². The van der Waals surface area contributed by atoms with Crippen LogP contribution < -0.4 is 10.6 Å². The minimum atomic E-state index is -0.424. The highest BCUT2D eigenvalue weighted by Gasteiger charge is 2.10. The molecule has 1 atom stereocenters. The quantitative estimate of drug-likeness (QED) is 0.402. The Hall–Kier alpha value is -3.59. The van der Waals surface area contributed by atoms with Gasteiger partial charge in [-0.3, -0.25) is 15.1 Å². The zero-order chi connectivity index (χ0) is 19.9. The van der Waals surface area contributed by atoms with E-state index in [4.69, 9.17) is 0 Å². The van der Waals surface area contributed by atoms with Gasteiger partial charge in [0.05, 0.1) is 17.2 Å². The summed E-state index contributed by atoms with van der Waals surface area (Å²) in [7, 11) is 0. The Labute approximate surface area is 161 Å². The zero-order valence-electron chi connectivity index (χ0n) is 15.2. The fraction of sp³-hybridized carbons (Fsp3) is 0.211. The number of hydrogen-bond donors (Lipinski definition) is 3. The second kappa shape index (κ2) is 8.87. The number of hydrogen-bond acceptors (Lipinski definition) is 8. The molecule has 144 valence electrons. The summed E-state index contributed by atoms with van der Waals surface area (Å²) in [6.45, 7) is 2.12. The van der Waals surface area contributed by atoms with Crippen molar-refractivity contribution in [3.63, 3.8) is 0 Å². The topological polar surface area (TPSA) is 126 Å². The predicted molar refractivity (Wildman–Crippen MR) is 106 cm³/mol. The number of nitro benzene ring substituents is 1. The summed E-state index contributed by atoms with van der Waals surface area (Å²) < 4.78 is 0. The average Bonchev–Trinajstić information content (AvgIpc) is 2.73. The molecule has 28 heavy (non-hydrogen) atoms. The second-order valence-electron chi connectivity index (χ2n) is 6.21. The molecule has 3 rings (SSSR count). The standard InChI is InChI=1S/C19H20N6O3/c1-13(12-26)22-19-23-17(15-5-3-7-20-11-15)9-18(24-19)21-10-14-4-2-6-16(8-14)25(27)28/h2-9,11,13,26H,10,12H2,1H3,(H2,21,22,23,24)/t13-/m0/s1. The fourth-order valence-corrected chi connectivity index (χ4v) is 2.50. The number of benzene rings is 1. The summed E-state index contributed by atoms with van der Waals surface area (Å²) in [6, 6.07) is 11.7. The third-order valence-electron chi connectivity index (χ3n) is 3.93. The molecular weight excluding hydrogens is 360 g/mol. The summed E-state index contributed by atoms with van der Waals surface area (Å²) >= 11 is 0. The van der Waals surface area contributed by atoms with E-state index in [1.165, 1.54) is 12.1 Å². The smallest absolute Gasteiger partial charge is 0.269 e. The Morgan fingerprint density at radius 3 is 2.79 bits per heavy atom. The summed E-state index contributed by atoms with van der Waals surface area (Å²) in [6.07, 6.45) is 3.38. The Kier molecular flexibility index (Phi) is 6.07. The molecule has 0 saturated carbocycles. The lowest BCUT2D eigenvalue weighted by atomic mass is 10.2. The molecule has 0 aliphatic carbocycles. The van der Waals surface area contributed by atoms with Crippen molar-refractivity contribution in [1.82, 2.24) is 15.0 Å². The molecule has 9 heteroatoms. The molecule has 3 N–H and O–H groups in total. The lowest BCUT2D eigenvalue weighted by molar-refractivity contribution is -0.384. The summed E-state index contributed by atoms with van der Waals surface area (Å²) in [5, 5.41) is 26.4. The van der Waals surface area contributed by atoms with Crippen molar-refractivity contribution < 1.29 is 10.0 Å². The van der Waals surface area contributed by atoms with Crippen LogP contribution >= 0.6 is 0 Å². The lowest BCUT2D eigenvalue weighted by Crippen LogP contribution is -2.21. The summed E-state index contributed by atoms with van der Waals surface area (Å²) in [5.41, 5.74) is 2.28. The third-order valence-corrected chi connectivity index (χ3v) is 3.93. The van der Waals surface area contributed by atoms with Crippen LogP contribution in [0, 0.1) is 10.1 Å². The number of nitrogens with zero attached hydrogens (tertiary/aromatic N) is 4. The van der Waals surface area contributed by atoms with Crippen LogP contribution in [0.15, 0.2) is 54.9 Å². The van der Waals surface area contributed by atoms with Crippen molar-refractivity contribution in [2.45, 2.75) is 19.5 Å². The van der Waals surface area contributed by atoms with Crippen molar-refractivity contribution in [2.75, 3.05) is 17.2 Å². The highest BCUT2D eigenvalue weighted by molar-refractivity contribution is 5.63. The van der Waals surface area contributed by atoms with E-state index in [0.29, 0.717) is 24.0 Å². The van der Waals surface area contributed by atoms with Gasteiger partial charge in [-0.2, -0.15) is 4.98 Å². The first-order valence-corrected chi connectivity index (χ1v) is 8.69. The number of rotatable bonds is 8. The Balaban J connectivity index is 1.85. The van der Waals surface area contributed by atoms with E-state index in [0.717, 1.165) is 11.1 Å². The number of pyridine rings is 1. The molecule has 2 aromatic heterocycles. The molecule has 9 nitrogen and oxygen atoms in total. The molecule has 0 aliphatic heterocycles. The number of aromatic nitrogens is 3. The van der Waals surface area contributed by atoms with Crippen molar-refractivity contribution in [3.05, 3.63) is 70.5 Å². The minimum Gasteiger partial charge on any atom is -0.394 e. The van der Waals surface area contributed by atoms with Gasteiger partial charge in [-0.25, -0.2) is 4.98 Å². The molecule has 2 heterocycles. The molecule has 0 amide bonds. The van der Waals surface area contributed by atoms with E-state index in [9.17, 15) is 15.2 Å². The number of aliphatic hydroxyl groups is 1. The normalized spacial score (nSPS) is 11.6. The number of non-ortho nitro benzene ring substituents is 1. The van der Waals surface area contributed by atoms with Crippen LogP contribution in [-0.2, 0) is 6.54 Å². The maximum absolute atomic E-state index is 10.9. The molecule has 1 aromatic carbocycles. The van der Waals surface area contributed by atoms with Gasteiger partial charge in [-0.1, -0.05) is 12.1 Å². The van der Waals surface area contributed by atoms with Crippen molar-refractivity contribution in [2.24, 2.45) is 0 Å². The van der Waals surface area contributed by atoms with Crippen LogP contribution in [0.1, 0.15) is 12.5 Å². The van der Waals surface area contributed by atoms with E-state index in [-0.39, 0.29) is 18.3 Å². The molecule has 0 saturated heterocycles. The Morgan fingerprint density at radius 2 is 2.07 bits per heavy atom. The number of nitro groups is 1. The van der Waals surface area contributed by atoms with Gasteiger partial charge >= 0.3 is 0 Å². The molecule has 3 aromatic rings. The summed E-state index contributed by atoms with van der Waals surface area (Å²) in [5.74, 6) is 0.914. The minimum absolute atomic E-state index is 0.0390. The highest BCUT2D eigenvalue weighted by atomic mass is 16.6. The number of aliphatic hydroxyl groups excluding tert-OH is 1. The lowest BCUT2D eigenvalue weighted by Gasteiger charge is -2.14. The van der Waals surface area contributed by atoms with Crippen LogP contribution in [-0.4, -0.2) is 37.6 Å². The molecule has 0 spiro atoms. The van der Waals surface area contributed by atoms with Crippen LogP contribution in [0.2, 0.25) is 0 Å². The second-order valence-corrected chi connectivity index (χ2v) is 6.21. The number of nitrogens with one attached hydrogen (secondary N) is 2. The van der Waals surface area contributed by atoms with E-state index >= 15 is 0 Å². The van der Waals surface area contributed by atoms with Crippen molar-refractivity contribution in [3.8, 4) is 11.3 Å². The van der Waals surface area contributed by atoms with Crippen LogP contribution in [0.3, 0.4) is 0 Å². The van der Waals surface area contributed by atoms with E-state index in [2.05, 4.69) is 25.6 Å². The molecule has 0 radical (unpaired) electrons. The highest BCUT2D eigenvalue weighted by Crippen LogP contribution is 2.22. The molecule has 0 unspecified atom stereocenters. The number of anilines is 2. The van der Waals surface area contributed by atoms with E-state index in [1.807, 2.05) is 19.1 Å². The largest absolute Gasteiger partial charge is 0.394 e. The SMILES string of the molecule is C[C@@H](CO)Nc1nc(NCc2cccc([N+](=O)[O-])c2)cc(-c2cccnc2)n1. The van der Waals surface area contributed by atoms with Gasteiger partial charge in [0.1, 0.15) is 5.82 Å². The van der Waals surface area contributed by atoms with Crippen molar-refractivity contribution in [1.29, 1.82) is 0 Å². The van der Waals surface area contributed by atoms with Crippen LogP contribution in [0.5, 0.6) is 0 Å². The van der Waals surface area contributed by atoms with Gasteiger partial charge in [0, 0.05) is 48.7 Å². The van der Waals surface area contributed by atoms with Gasteiger partial charge in [0.25, 0.3) is 5.69 Å². The van der Waals surface area contributed by atoms with Gasteiger partial charge in [-0.15, -0.1) is 0 Å². The van der Waals surface area contributed by atoms with Gasteiger partial charge in [0.2, 0.25) is 5.95 Å². The van der Waals surface area contributed by atoms with Crippen LogP contribution in [0.4, 0.5) is 17.5 Å². The third kappa shape index (κ3) is 4.98. The zero-order valence-corrected chi connectivity index (χ0v) is 15.2.